The molecule has 0 N–H and O–H groups in total. The number of halogens is 1. The van der Waals surface area contributed by atoms with E-state index in [2.05, 4.69) is 15.9 Å². The van der Waals surface area contributed by atoms with E-state index in [4.69, 9.17) is 0 Å². The van der Waals surface area contributed by atoms with Crippen molar-refractivity contribution in [3.8, 4) is 0 Å². The third-order valence-electron chi connectivity index (χ3n) is 3.80. The van der Waals surface area contributed by atoms with Crippen LogP contribution in [0.15, 0.2) is 54.6 Å². The third-order valence-corrected chi connectivity index (χ3v) is 4.78. The van der Waals surface area contributed by atoms with Gasteiger partial charge in [0.05, 0.1) is 5.69 Å². The highest BCUT2D eigenvalue weighted by Gasteiger charge is 2.50. The van der Waals surface area contributed by atoms with Crippen LogP contribution in [0.4, 0.5) is 5.69 Å². The summed E-state index contributed by atoms with van der Waals surface area (Å²) in [5, 5.41) is 0. The summed E-state index contributed by atoms with van der Waals surface area (Å²) in [6, 6.07) is 16.8. The molecule has 1 amide bonds. The van der Waals surface area contributed by atoms with Gasteiger partial charge in [-0.3, -0.25) is 9.59 Å². The number of hydrogen-bond acceptors (Lipinski definition) is 2. The highest BCUT2D eigenvalue weighted by atomic mass is 79.9. The highest BCUT2D eigenvalue weighted by Crippen LogP contribution is 2.38. The minimum atomic E-state index is -1.22. The lowest BCUT2D eigenvalue weighted by Crippen LogP contribution is -2.54. The summed E-state index contributed by atoms with van der Waals surface area (Å²) in [5.74, 6) is -0.403. The molecule has 1 heterocycles. The van der Waals surface area contributed by atoms with E-state index in [0.717, 1.165) is 5.56 Å². The van der Waals surface area contributed by atoms with Gasteiger partial charge in [0.15, 0.2) is 10.1 Å². The van der Waals surface area contributed by atoms with E-state index in [1.54, 1.807) is 24.1 Å². The number of hydrogen-bond donors (Lipinski definition) is 0. The molecule has 0 aromatic heterocycles. The lowest BCUT2D eigenvalue weighted by atomic mass is 9.86. The second kappa shape index (κ2) is 5.11. The Labute approximate surface area is 131 Å². The first-order chi connectivity index (χ1) is 10.0. The van der Waals surface area contributed by atoms with Crippen molar-refractivity contribution in [2.45, 2.75) is 10.7 Å². The van der Waals surface area contributed by atoms with E-state index < -0.39 is 4.32 Å². The molecule has 0 aliphatic carbocycles. The Kier molecular flexibility index (Phi) is 3.41. The number of nitrogens with zero attached hydrogens (tertiary/aromatic N) is 1. The maximum Gasteiger partial charge on any atom is 0.251 e. The molecule has 3 rings (SSSR count). The van der Waals surface area contributed by atoms with Crippen LogP contribution in [-0.2, 0) is 11.2 Å². The number of ketones is 1. The smallest absolute Gasteiger partial charge is 0.251 e. The topological polar surface area (TPSA) is 37.4 Å². The molecule has 1 unspecified atom stereocenters. The summed E-state index contributed by atoms with van der Waals surface area (Å²) in [6.07, 6.45) is 0.337. The number of amides is 1. The molecule has 1 aliphatic rings. The largest absolute Gasteiger partial charge is 0.313 e. The number of rotatable bonds is 2. The van der Waals surface area contributed by atoms with Crippen molar-refractivity contribution >= 4 is 33.3 Å². The first kappa shape index (κ1) is 14.0. The fourth-order valence-electron chi connectivity index (χ4n) is 2.68. The number of fused-ring (bicyclic) bond motifs is 1. The zero-order valence-corrected chi connectivity index (χ0v) is 13.1. The minimum absolute atomic E-state index is 0.176. The van der Waals surface area contributed by atoms with E-state index in [1.165, 1.54) is 0 Å². The van der Waals surface area contributed by atoms with Crippen LogP contribution in [0, 0.1) is 0 Å². The molecule has 4 heteroatoms. The van der Waals surface area contributed by atoms with E-state index in [9.17, 15) is 9.59 Å². The maximum absolute atomic E-state index is 12.8. The minimum Gasteiger partial charge on any atom is -0.313 e. The molecule has 1 aliphatic heterocycles. The monoisotopic (exact) mass is 343 g/mol. The Morgan fingerprint density at radius 3 is 2.33 bits per heavy atom. The number of anilines is 1. The van der Waals surface area contributed by atoms with Gasteiger partial charge in [0.2, 0.25) is 0 Å². The fourth-order valence-corrected chi connectivity index (χ4v) is 3.48. The molecule has 0 radical (unpaired) electrons. The second-order valence-electron chi connectivity index (χ2n) is 5.17. The summed E-state index contributed by atoms with van der Waals surface area (Å²) in [7, 11) is 1.70. The van der Waals surface area contributed by atoms with Crippen LogP contribution in [0.1, 0.15) is 15.9 Å². The van der Waals surface area contributed by atoms with Gasteiger partial charge in [0.1, 0.15) is 0 Å². The van der Waals surface area contributed by atoms with Gasteiger partial charge < -0.3 is 4.90 Å². The van der Waals surface area contributed by atoms with Crippen molar-refractivity contribution in [1.82, 2.24) is 0 Å². The van der Waals surface area contributed by atoms with Crippen LogP contribution in [0.2, 0.25) is 0 Å². The third kappa shape index (κ3) is 2.20. The van der Waals surface area contributed by atoms with Gasteiger partial charge in [-0.05, 0) is 17.7 Å². The number of carbonyl (C=O) groups excluding carboxylic acids is 2. The Hall–Kier alpha value is -1.94. The lowest BCUT2D eigenvalue weighted by molar-refractivity contribution is -0.119. The van der Waals surface area contributed by atoms with Gasteiger partial charge >= 0.3 is 0 Å². The van der Waals surface area contributed by atoms with Gasteiger partial charge in [-0.25, -0.2) is 0 Å². The standard InChI is InChI=1S/C17H14BrNO2/c1-19-14-10-6-5-9-13(14)15(20)17(18,16(19)21)11-12-7-3-2-4-8-12/h2-10H,11H2,1H3. The van der Waals surface area contributed by atoms with E-state index >= 15 is 0 Å². The van der Waals surface area contributed by atoms with E-state index in [0.29, 0.717) is 17.7 Å². The van der Waals surface area contributed by atoms with Crippen molar-refractivity contribution in [3.63, 3.8) is 0 Å². The SMILES string of the molecule is CN1C(=O)C(Br)(Cc2ccccc2)C(=O)c2ccccc21. The van der Waals surface area contributed by atoms with Crippen LogP contribution in [0.5, 0.6) is 0 Å². The molecule has 106 valence electrons. The predicted octanol–water partition coefficient (Wildman–Crippen LogP) is 3.22. The Morgan fingerprint density at radius 1 is 1.00 bits per heavy atom. The molecule has 2 aromatic rings. The van der Waals surface area contributed by atoms with E-state index in [1.807, 2.05) is 42.5 Å². The van der Waals surface area contributed by atoms with Gasteiger partial charge in [0.25, 0.3) is 5.91 Å². The van der Waals surface area contributed by atoms with Crippen LogP contribution in [-0.4, -0.2) is 23.1 Å². The number of carbonyl (C=O) groups is 2. The number of benzene rings is 2. The summed E-state index contributed by atoms with van der Waals surface area (Å²) in [4.78, 5) is 27.0. The van der Waals surface area contributed by atoms with Crippen molar-refractivity contribution in [2.75, 3.05) is 11.9 Å². The zero-order valence-electron chi connectivity index (χ0n) is 11.5. The molecule has 2 aromatic carbocycles. The second-order valence-corrected chi connectivity index (χ2v) is 6.53. The quantitative estimate of drug-likeness (QED) is 0.620. The van der Waals surface area contributed by atoms with Crippen molar-refractivity contribution in [1.29, 1.82) is 0 Å². The average Bonchev–Trinajstić information content (AvgIpc) is 2.52. The van der Waals surface area contributed by atoms with Crippen LogP contribution < -0.4 is 4.90 Å². The van der Waals surface area contributed by atoms with Crippen LogP contribution in [0.25, 0.3) is 0 Å². The number of alkyl halides is 1. The Morgan fingerprint density at radius 2 is 1.62 bits per heavy atom. The molecule has 0 spiro atoms. The molecule has 0 saturated heterocycles. The molecular weight excluding hydrogens is 330 g/mol. The van der Waals surface area contributed by atoms with Crippen molar-refractivity contribution in [3.05, 3.63) is 65.7 Å². The summed E-state index contributed by atoms with van der Waals surface area (Å²) >= 11 is 3.43. The first-order valence-corrected chi connectivity index (χ1v) is 7.48. The molecule has 0 bridgehead atoms. The molecule has 0 saturated carbocycles. The summed E-state index contributed by atoms with van der Waals surface area (Å²) in [5.41, 5.74) is 2.19. The molecule has 21 heavy (non-hydrogen) atoms. The molecule has 1 atom stereocenters. The first-order valence-electron chi connectivity index (χ1n) is 6.69. The van der Waals surface area contributed by atoms with Gasteiger partial charge in [-0.2, -0.15) is 0 Å². The van der Waals surface area contributed by atoms with Crippen LogP contribution >= 0.6 is 15.9 Å². The van der Waals surface area contributed by atoms with Crippen LogP contribution in [0.3, 0.4) is 0 Å². The number of para-hydroxylation sites is 1. The summed E-state index contributed by atoms with van der Waals surface area (Å²) in [6.45, 7) is 0. The predicted molar refractivity (Wildman–Crippen MR) is 86.0 cm³/mol. The zero-order chi connectivity index (χ0) is 15.0. The Bertz CT molecular complexity index is 714. The van der Waals surface area contributed by atoms with Gasteiger partial charge in [0, 0.05) is 19.0 Å². The van der Waals surface area contributed by atoms with Crippen molar-refractivity contribution < 1.29 is 9.59 Å². The van der Waals surface area contributed by atoms with Gasteiger partial charge in [-0.15, -0.1) is 0 Å². The van der Waals surface area contributed by atoms with Crippen molar-refractivity contribution in [2.24, 2.45) is 0 Å². The molecule has 3 nitrogen and oxygen atoms in total. The Balaban J connectivity index is 2.07. The normalized spacial score (nSPS) is 21.3. The summed E-state index contributed by atoms with van der Waals surface area (Å²) < 4.78 is -1.22. The lowest BCUT2D eigenvalue weighted by Gasteiger charge is -2.36. The highest BCUT2D eigenvalue weighted by molar-refractivity contribution is 9.10. The fraction of sp³-hybridized carbons (Fsp3) is 0.176. The molecule has 0 fully saturated rings. The van der Waals surface area contributed by atoms with Gasteiger partial charge in [-0.1, -0.05) is 58.4 Å². The molecular formula is C17H14BrNO2. The average molecular weight is 344 g/mol. The van der Waals surface area contributed by atoms with E-state index in [-0.39, 0.29) is 11.7 Å². The maximum atomic E-state index is 12.8. The number of Topliss-reactive ketones (excluding diaryl/α,β-unsaturated/α-hetero) is 1.